The van der Waals surface area contributed by atoms with Gasteiger partial charge in [0.15, 0.2) is 0 Å². The molecule has 110 valence electrons. The third-order valence-corrected chi connectivity index (χ3v) is 4.04. The molecule has 4 heteroatoms. The summed E-state index contributed by atoms with van der Waals surface area (Å²) >= 11 is 0. The molecule has 0 aliphatic carbocycles. The first-order valence-corrected chi connectivity index (χ1v) is 7.36. The van der Waals surface area contributed by atoms with E-state index >= 15 is 0 Å². The van der Waals surface area contributed by atoms with Crippen molar-refractivity contribution in [3.63, 3.8) is 0 Å². The van der Waals surface area contributed by atoms with Crippen molar-refractivity contribution >= 4 is 5.91 Å². The van der Waals surface area contributed by atoms with Gasteiger partial charge in [-0.05, 0) is 11.6 Å². The Morgan fingerprint density at radius 3 is 2.43 bits per heavy atom. The Labute approximate surface area is 125 Å². The van der Waals surface area contributed by atoms with E-state index in [1.165, 1.54) is 5.56 Å². The van der Waals surface area contributed by atoms with E-state index in [4.69, 9.17) is 0 Å². The number of nitrogens with one attached hydrogen (secondary N) is 2. The van der Waals surface area contributed by atoms with Crippen LogP contribution < -0.4 is 5.32 Å². The predicted octanol–water partition coefficient (Wildman–Crippen LogP) is 2.98. The molecule has 0 bridgehead atoms. The van der Waals surface area contributed by atoms with E-state index in [2.05, 4.69) is 66.6 Å². The van der Waals surface area contributed by atoms with Gasteiger partial charge in [0.25, 0.3) is 0 Å². The van der Waals surface area contributed by atoms with Gasteiger partial charge in [0.2, 0.25) is 5.91 Å². The van der Waals surface area contributed by atoms with Crippen molar-refractivity contribution in [1.82, 2.24) is 15.5 Å². The summed E-state index contributed by atoms with van der Waals surface area (Å²) in [6.45, 7) is 7.24. The van der Waals surface area contributed by atoms with Gasteiger partial charge in [0, 0.05) is 35.6 Å². The van der Waals surface area contributed by atoms with E-state index in [0.29, 0.717) is 12.3 Å². The predicted molar refractivity (Wildman–Crippen MR) is 83.1 cm³/mol. The van der Waals surface area contributed by atoms with Gasteiger partial charge in [0.05, 0.1) is 5.69 Å². The molecule has 1 fully saturated rings. The fourth-order valence-corrected chi connectivity index (χ4v) is 2.62. The average molecular weight is 283 g/mol. The fraction of sp³-hybridized carbons (Fsp3) is 0.412. The molecule has 2 heterocycles. The molecule has 2 N–H and O–H groups in total. The van der Waals surface area contributed by atoms with Crippen molar-refractivity contribution in [2.45, 2.75) is 38.5 Å². The summed E-state index contributed by atoms with van der Waals surface area (Å²) < 4.78 is 0. The Morgan fingerprint density at radius 1 is 1.19 bits per heavy atom. The van der Waals surface area contributed by atoms with Crippen LogP contribution in [-0.2, 0) is 10.2 Å². The Kier molecular flexibility index (Phi) is 3.32. The minimum absolute atomic E-state index is 0.0705. The molecule has 21 heavy (non-hydrogen) atoms. The van der Waals surface area contributed by atoms with Crippen molar-refractivity contribution in [3.05, 3.63) is 41.6 Å². The van der Waals surface area contributed by atoms with E-state index in [0.717, 1.165) is 23.5 Å². The van der Waals surface area contributed by atoms with Crippen LogP contribution in [0.15, 0.2) is 30.3 Å². The number of benzene rings is 1. The summed E-state index contributed by atoms with van der Waals surface area (Å²) in [5.74, 6) is 0.446. The van der Waals surface area contributed by atoms with Gasteiger partial charge in [-0.25, -0.2) is 0 Å². The molecule has 4 nitrogen and oxygen atoms in total. The Balaban J connectivity index is 1.81. The topological polar surface area (TPSA) is 57.8 Å². The zero-order valence-corrected chi connectivity index (χ0v) is 12.7. The summed E-state index contributed by atoms with van der Waals surface area (Å²) in [5.41, 5.74) is 4.48. The van der Waals surface area contributed by atoms with Gasteiger partial charge >= 0.3 is 0 Å². The van der Waals surface area contributed by atoms with Crippen LogP contribution in [0.4, 0.5) is 0 Å². The second-order valence-electron chi connectivity index (χ2n) is 6.74. The summed E-state index contributed by atoms with van der Waals surface area (Å²) in [5, 5.41) is 10.4. The molecule has 0 spiro atoms. The van der Waals surface area contributed by atoms with Gasteiger partial charge in [-0.15, -0.1) is 0 Å². The molecular weight excluding hydrogens is 262 g/mol. The van der Waals surface area contributed by atoms with Crippen LogP contribution in [0.1, 0.15) is 44.4 Å². The van der Waals surface area contributed by atoms with E-state index in [1.54, 1.807) is 0 Å². The third kappa shape index (κ3) is 2.84. The highest BCUT2D eigenvalue weighted by Crippen LogP contribution is 2.28. The second-order valence-corrected chi connectivity index (χ2v) is 6.74. The number of carbonyl (C=O) groups is 1. The maximum atomic E-state index is 11.3. The number of amides is 1. The first-order chi connectivity index (χ1) is 9.93. The normalized spacial score (nSPS) is 18.8. The molecule has 1 aromatic carbocycles. The molecule has 3 rings (SSSR count). The molecular formula is C17H21N3O. The van der Waals surface area contributed by atoms with Crippen molar-refractivity contribution in [2.24, 2.45) is 0 Å². The second kappa shape index (κ2) is 5.02. The van der Waals surface area contributed by atoms with Gasteiger partial charge < -0.3 is 5.32 Å². The number of rotatable bonds is 2. The molecule has 1 aliphatic heterocycles. The lowest BCUT2D eigenvalue weighted by Crippen LogP contribution is -2.13. The first kappa shape index (κ1) is 13.9. The van der Waals surface area contributed by atoms with E-state index in [9.17, 15) is 4.79 Å². The molecule has 0 radical (unpaired) electrons. The van der Waals surface area contributed by atoms with E-state index in [1.807, 2.05) is 0 Å². The van der Waals surface area contributed by atoms with Crippen LogP contribution in [-0.4, -0.2) is 22.6 Å². The highest BCUT2D eigenvalue weighted by atomic mass is 16.1. The van der Waals surface area contributed by atoms with Crippen molar-refractivity contribution in [1.29, 1.82) is 0 Å². The minimum atomic E-state index is 0.0705. The minimum Gasteiger partial charge on any atom is -0.355 e. The highest BCUT2D eigenvalue weighted by molar-refractivity contribution is 5.79. The standard InChI is InChI=1S/C17H21N3O/c1-17(2,3)15-9-14(19-20-15)12-6-4-11(5-7-12)13-8-16(21)18-10-13/h4-7,9,13H,8,10H2,1-3H3,(H,18,21)(H,19,20). The van der Waals surface area contributed by atoms with Crippen LogP contribution in [0.2, 0.25) is 0 Å². The lowest BCUT2D eigenvalue weighted by Gasteiger charge is -2.14. The molecule has 1 aliphatic rings. The van der Waals surface area contributed by atoms with Gasteiger partial charge in [0.1, 0.15) is 0 Å². The average Bonchev–Trinajstić information content (AvgIpc) is 3.07. The van der Waals surface area contributed by atoms with Gasteiger partial charge in [-0.1, -0.05) is 45.0 Å². The number of aromatic amines is 1. The molecule has 1 unspecified atom stereocenters. The molecule has 1 amide bonds. The maximum Gasteiger partial charge on any atom is 0.220 e. The summed E-state index contributed by atoms with van der Waals surface area (Å²) in [6.07, 6.45) is 0.593. The monoisotopic (exact) mass is 283 g/mol. The number of aromatic nitrogens is 2. The summed E-state index contributed by atoms with van der Waals surface area (Å²) in [6, 6.07) is 10.5. The van der Waals surface area contributed by atoms with Crippen molar-refractivity contribution in [3.8, 4) is 11.3 Å². The number of carbonyl (C=O) groups excluding carboxylic acids is 1. The maximum absolute atomic E-state index is 11.3. The van der Waals surface area contributed by atoms with Crippen LogP contribution in [0.25, 0.3) is 11.3 Å². The Bertz CT molecular complexity index is 649. The number of nitrogens with zero attached hydrogens (tertiary/aromatic N) is 1. The largest absolute Gasteiger partial charge is 0.355 e. The molecule has 1 atom stereocenters. The van der Waals surface area contributed by atoms with Crippen LogP contribution >= 0.6 is 0 Å². The van der Waals surface area contributed by atoms with E-state index < -0.39 is 0 Å². The van der Waals surface area contributed by atoms with Gasteiger partial charge in [-0.3, -0.25) is 9.89 Å². The molecule has 1 aromatic heterocycles. The quantitative estimate of drug-likeness (QED) is 0.890. The SMILES string of the molecule is CC(C)(C)c1cc(-c2ccc(C3CNC(=O)C3)cc2)n[nH]1. The lowest BCUT2D eigenvalue weighted by atomic mass is 9.91. The zero-order valence-electron chi connectivity index (χ0n) is 12.7. The lowest BCUT2D eigenvalue weighted by molar-refractivity contribution is -0.119. The number of hydrogen-bond donors (Lipinski definition) is 2. The first-order valence-electron chi connectivity index (χ1n) is 7.36. The Morgan fingerprint density at radius 2 is 1.90 bits per heavy atom. The van der Waals surface area contributed by atoms with Gasteiger partial charge in [-0.2, -0.15) is 5.10 Å². The fourth-order valence-electron chi connectivity index (χ4n) is 2.62. The molecule has 1 saturated heterocycles. The van der Waals surface area contributed by atoms with Crippen LogP contribution in [0.3, 0.4) is 0 Å². The highest BCUT2D eigenvalue weighted by Gasteiger charge is 2.23. The summed E-state index contributed by atoms with van der Waals surface area (Å²) in [4.78, 5) is 11.3. The zero-order chi connectivity index (χ0) is 15.0. The van der Waals surface area contributed by atoms with Crippen LogP contribution in [0.5, 0.6) is 0 Å². The van der Waals surface area contributed by atoms with E-state index in [-0.39, 0.29) is 11.3 Å². The van der Waals surface area contributed by atoms with Crippen molar-refractivity contribution < 1.29 is 4.79 Å². The molecule has 0 saturated carbocycles. The van der Waals surface area contributed by atoms with Crippen molar-refractivity contribution in [2.75, 3.05) is 6.54 Å². The number of hydrogen-bond acceptors (Lipinski definition) is 2. The smallest absolute Gasteiger partial charge is 0.220 e. The van der Waals surface area contributed by atoms with Crippen LogP contribution in [0, 0.1) is 0 Å². The Hall–Kier alpha value is -2.10. The molecule has 2 aromatic rings. The summed E-state index contributed by atoms with van der Waals surface area (Å²) in [7, 11) is 0. The third-order valence-electron chi connectivity index (χ3n) is 4.04. The number of H-pyrrole nitrogens is 1.